The highest BCUT2D eigenvalue weighted by molar-refractivity contribution is 7.95. The molecular formula is C35H47N2O2P+. The van der Waals surface area contributed by atoms with Gasteiger partial charge in [0.2, 0.25) is 5.91 Å². The fourth-order valence-electron chi connectivity index (χ4n) is 6.53. The number of piperidine rings is 1. The van der Waals surface area contributed by atoms with Crippen LogP contribution in [0.3, 0.4) is 0 Å². The summed E-state index contributed by atoms with van der Waals surface area (Å²) in [4.78, 5) is 13.1. The van der Waals surface area contributed by atoms with Crippen LogP contribution < -0.4 is 21.2 Å². The standard InChI is InChI=1S/C35H46N2O2P/c1-26-11-17-30(18-12-26)40(31-19-13-27(2)14-20-31,32-21-15-28(3)16-22-32)23-9-8-10-33(38)36-29-24-34(4,5)37(39)35(6,7)25-29/h11-22,29H,8-10,23-25H2,1-7H3/p+1. The summed E-state index contributed by atoms with van der Waals surface area (Å²) < 4.78 is 0. The lowest BCUT2D eigenvalue weighted by atomic mass is 9.79. The molecule has 0 aliphatic carbocycles. The minimum absolute atomic E-state index is 0.0296. The molecule has 0 saturated carbocycles. The average molecular weight is 559 g/mol. The Balaban J connectivity index is 1.54. The number of carbonyl (C=O) groups excluding carboxylic acids is 1. The molecule has 1 fully saturated rings. The van der Waals surface area contributed by atoms with E-state index in [4.69, 9.17) is 0 Å². The number of rotatable bonds is 9. The fraction of sp³-hybridized carbons (Fsp3) is 0.457. The van der Waals surface area contributed by atoms with Gasteiger partial charge in [0.05, 0.1) is 6.16 Å². The zero-order valence-corrected chi connectivity index (χ0v) is 26.4. The highest BCUT2D eigenvalue weighted by Gasteiger charge is 2.47. The third-order valence-corrected chi connectivity index (χ3v) is 13.1. The monoisotopic (exact) mass is 558 g/mol. The number of amides is 1. The first kappa shape index (κ1) is 30.4. The van der Waals surface area contributed by atoms with Crippen LogP contribution in [0, 0.1) is 20.8 Å². The van der Waals surface area contributed by atoms with Crippen LogP contribution in [0.4, 0.5) is 0 Å². The zero-order chi connectivity index (χ0) is 29.1. The molecule has 4 nitrogen and oxygen atoms in total. The fourth-order valence-corrected chi connectivity index (χ4v) is 10.9. The Labute approximate surface area is 242 Å². The number of hydroxylamine groups is 2. The van der Waals surface area contributed by atoms with Gasteiger partial charge in [-0.2, -0.15) is 0 Å². The van der Waals surface area contributed by atoms with E-state index in [1.54, 1.807) is 0 Å². The van der Waals surface area contributed by atoms with E-state index in [1.165, 1.54) is 37.7 Å². The van der Waals surface area contributed by atoms with Gasteiger partial charge in [-0.15, -0.1) is 10.3 Å². The van der Waals surface area contributed by atoms with Crippen molar-refractivity contribution in [2.75, 3.05) is 6.16 Å². The van der Waals surface area contributed by atoms with Gasteiger partial charge in [0.15, 0.2) is 0 Å². The Kier molecular flexibility index (Phi) is 9.25. The van der Waals surface area contributed by atoms with E-state index in [0.717, 1.165) is 19.0 Å². The maximum Gasteiger partial charge on any atom is 0.220 e. The van der Waals surface area contributed by atoms with Gasteiger partial charge in [-0.3, -0.25) is 4.79 Å². The Morgan fingerprint density at radius 1 is 0.725 bits per heavy atom. The quantitative estimate of drug-likeness (QED) is 0.239. The predicted molar refractivity (Wildman–Crippen MR) is 170 cm³/mol. The lowest BCUT2D eigenvalue weighted by molar-refractivity contribution is -0.290. The minimum atomic E-state index is -1.92. The molecule has 1 heterocycles. The summed E-state index contributed by atoms with van der Waals surface area (Å²) in [6.45, 7) is 14.3. The van der Waals surface area contributed by atoms with Crippen molar-refractivity contribution in [3.8, 4) is 0 Å². The van der Waals surface area contributed by atoms with Gasteiger partial charge in [0, 0.05) is 23.5 Å². The molecule has 1 aliphatic rings. The second kappa shape index (κ2) is 12.1. The van der Waals surface area contributed by atoms with Gasteiger partial charge in [-0.05, 0) is 111 Å². The Hall–Kier alpha value is -2.52. The van der Waals surface area contributed by atoms with Gasteiger partial charge in [0.25, 0.3) is 0 Å². The molecule has 1 N–H and O–H groups in total. The van der Waals surface area contributed by atoms with E-state index in [9.17, 15) is 10.0 Å². The number of unbranched alkanes of at least 4 members (excludes halogenated alkanes) is 1. The summed E-state index contributed by atoms with van der Waals surface area (Å²) in [6, 6.07) is 27.3. The molecule has 1 radical (unpaired) electrons. The topological polar surface area (TPSA) is 52.2 Å². The highest BCUT2D eigenvalue weighted by atomic mass is 31.2. The van der Waals surface area contributed by atoms with Crippen molar-refractivity contribution in [1.82, 2.24) is 10.4 Å². The van der Waals surface area contributed by atoms with Crippen molar-refractivity contribution < 1.29 is 10.0 Å². The lowest BCUT2D eigenvalue weighted by Crippen LogP contribution is -2.62. The van der Waals surface area contributed by atoms with Gasteiger partial charge in [-0.1, -0.05) is 53.1 Å². The normalized spacial score (nSPS) is 17.5. The Morgan fingerprint density at radius 2 is 1.10 bits per heavy atom. The van der Waals surface area contributed by atoms with Gasteiger partial charge >= 0.3 is 0 Å². The summed E-state index contributed by atoms with van der Waals surface area (Å²) in [7, 11) is -1.92. The number of aryl methyl sites for hydroxylation is 3. The first-order valence-electron chi connectivity index (χ1n) is 14.7. The van der Waals surface area contributed by atoms with Crippen LogP contribution in [0.1, 0.15) is 76.5 Å². The smallest absolute Gasteiger partial charge is 0.220 e. The summed E-state index contributed by atoms with van der Waals surface area (Å²) in [5.41, 5.74) is 2.82. The molecule has 5 heteroatoms. The summed E-state index contributed by atoms with van der Waals surface area (Å²) >= 11 is 0. The van der Waals surface area contributed by atoms with Crippen molar-refractivity contribution in [2.24, 2.45) is 0 Å². The molecule has 1 aliphatic heterocycles. The van der Waals surface area contributed by atoms with E-state index in [0.29, 0.717) is 19.3 Å². The molecule has 0 atom stereocenters. The molecule has 0 spiro atoms. The molecule has 0 aromatic heterocycles. The SMILES string of the molecule is Cc1ccc([P+](CCCCC(=O)NC2CC(C)(C)N([O])C(C)(C)C2)(c2ccc(C)cc2)c2ccc(C)cc2)cc1. The van der Waals surface area contributed by atoms with E-state index in [1.807, 2.05) is 27.7 Å². The van der Waals surface area contributed by atoms with Crippen molar-refractivity contribution >= 4 is 29.1 Å². The number of hydrogen-bond acceptors (Lipinski definition) is 2. The maximum absolute atomic E-state index is 13.1. The minimum Gasteiger partial charge on any atom is -0.353 e. The van der Waals surface area contributed by atoms with Crippen LogP contribution in [-0.2, 0) is 10.0 Å². The Bertz CT molecular complexity index is 1150. The van der Waals surface area contributed by atoms with Crippen molar-refractivity contribution in [3.05, 3.63) is 89.5 Å². The van der Waals surface area contributed by atoms with E-state index >= 15 is 0 Å². The molecule has 0 unspecified atom stereocenters. The van der Waals surface area contributed by atoms with Crippen molar-refractivity contribution in [3.63, 3.8) is 0 Å². The predicted octanol–water partition coefficient (Wildman–Crippen LogP) is 6.56. The number of nitrogens with one attached hydrogen (secondary N) is 1. The first-order chi connectivity index (χ1) is 18.8. The van der Waals surface area contributed by atoms with E-state index in [-0.39, 0.29) is 11.9 Å². The van der Waals surface area contributed by atoms with Crippen LogP contribution in [0.15, 0.2) is 72.8 Å². The Morgan fingerprint density at radius 3 is 1.48 bits per heavy atom. The van der Waals surface area contributed by atoms with Crippen LogP contribution in [0.25, 0.3) is 0 Å². The molecule has 213 valence electrons. The van der Waals surface area contributed by atoms with Crippen molar-refractivity contribution in [1.29, 1.82) is 0 Å². The molecule has 3 aromatic rings. The molecule has 0 bridgehead atoms. The summed E-state index contributed by atoms with van der Waals surface area (Å²) in [6.07, 6.45) is 4.68. The largest absolute Gasteiger partial charge is 0.353 e. The maximum atomic E-state index is 13.1. The molecular weight excluding hydrogens is 511 g/mol. The third kappa shape index (κ3) is 6.68. The number of hydrogen-bond donors (Lipinski definition) is 1. The number of carbonyl (C=O) groups is 1. The van der Waals surface area contributed by atoms with Crippen LogP contribution in [0.5, 0.6) is 0 Å². The van der Waals surface area contributed by atoms with Gasteiger partial charge in [0.1, 0.15) is 23.2 Å². The second-order valence-electron chi connectivity index (χ2n) is 13.1. The average Bonchev–Trinajstić information content (AvgIpc) is 2.89. The zero-order valence-electron chi connectivity index (χ0n) is 25.5. The molecule has 40 heavy (non-hydrogen) atoms. The first-order valence-corrected chi connectivity index (χ1v) is 16.7. The van der Waals surface area contributed by atoms with Crippen LogP contribution in [-0.4, -0.2) is 34.3 Å². The second-order valence-corrected chi connectivity index (χ2v) is 16.7. The highest BCUT2D eigenvalue weighted by Crippen LogP contribution is 2.56. The van der Waals surface area contributed by atoms with E-state index < -0.39 is 18.3 Å². The van der Waals surface area contributed by atoms with Crippen molar-refractivity contribution in [2.45, 2.75) is 97.7 Å². The number of nitrogens with zero attached hydrogens (tertiary/aromatic N) is 1. The van der Waals surface area contributed by atoms with Crippen LogP contribution in [0.2, 0.25) is 0 Å². The summed E-state index contributed by atoms with van der Waals surface area (Å²) in [5.74, 6) is 0.0980. The molecule has 4 rings (SSSR count). The van der Waals surface area contributed by atoms with Crippen LogP contribution >= 0.6 is 7.26 Å². The summed E-state index contributed by atoms with van der Waals surface area (Å²) in [5, 5.41) is 21.4. The molecule has 1 saturated heterocycles. The van der Waals surface area contributed by atoms with Gasteiger partial charge < -0.3 is 5.32 Å². The van der Waals surface area contributed by atoms with Gasteiger partial charge in [-0.25, -0.2) is 0 Å². The van der Waals surface area contributed by atoms with E-state index in [2.05, 4.69) is 98.9 Å². The number of benzene rings is 3. The lowest BCUT2D eigenvalue weighted by Gasteiger charge is -2.50. The molecule has 1 amide bonds. The third-order valence-electron chi connectivity index (χ3n) is 8.53. The molecule has 3 aromatic carbocycles.